The number of aryl methyl sites for hydroxylation is 2. The van der Waals surface area contributed by atoms with Crippen LogP contribution < -0.4 is 4.74 Å². The lowest BCUT2D eigenvalue weighted by molar-refractivity contribution is 0.0472. The standard InChI is InChI=1S/C23H22O3/c1-17-13-21(23(24)26-16-20-11-7-4-8-12-20)14-18(2)22(17)25-15-19-9-5-3-6-10-19/h3-14H,15-16H2,1-2H3. The summed E-state index contributed by atoms with van der Waals surface area (Å²) in [5.41, 5.74) is 4.47. The van der Waals surface area contributed by atoms with Crippen LogP contribution in [0.5, 0.6) is 5.75 Å². The average Bonchev–Trinajstić information content (AvgIpc) is 2.67. The Kier molecular flexibility index (Phi) is 5.69. The van der Waals surface area contributed by atoms with Crippen molar-refractivity contribution in [3.05, 3.63) is 101 Å². The second kappa shape index (κ2) is 8.34. The predicted molar refractivity (Wildman–Crippen MR) is 102 cm³/mol. The molecule has 0 radical (unpaired) electrons. The van der Waals surface area contributed by atoms with Crippen LogP contribution in [0.15, 0.2) is 72.8 Å². The van der Waals surface area contributed by atoms with Crippen LogP contribution in [-0.2, 0) is 18.0 Å². The maximum absolute atomic E-state index is 12.4. The molecule has 0 aliphatic rings. The number of benzene rings is 3. The maximum atomic E-state index is 12.4. The van der Waals surface area contributed by atoms with Crippen molar-refractivity contribution in [2.45, 2.75) is 27.1 Å². The van der Waals surface area contributed by atoms with Crippen molar-refractivity contribution in [1.82, 2.24) is 0 Å². The van der Waals surface area contributed by atoms with Crippen molar-refractivity contribution in [3.8, 4) is 5.75 Å². The van der Waals surface area contributed by atoms with E-state index in [1.807, 2.05) is 86.6 Å². The summed E-state index contributed by atoms with van der Waals surface area (Å²) < 4.78 is 11.4. The molecule has 132 valence electrons. The van der Waals surface area contributed by atoms with Gasteiger partial charge in [0.15, 0.2) is 0 Å². The molecule has 0 saturated heterocycles. The molecule has 3 aromatic rings. The second-order valence-corrected chi connectivity index (χ2v) is 6.28. The molecule has 0 amide bonds. The maximum Gasteiger partial charge on any atom is 0.338 e. The van der Waals surface area contributed by atoms with Gasteiger partial charge in [-0.25, -0.2) is 4.79 Å². The summed E-state index contributed by atoms with van der Waals surface area (Å²) in [4.78, 5) is 12.4. The van der Waals surface area contributed by atoms with Crippen LogP contribution in [0.4, 0.5) is 0 Å². The lowest BCUT2D eigenvalue weighted by Crippen LogP contribution is -2.07. The molecule has 0 fully saturated rings. The minimum absolute atomic E-state index is 0.268. The fraction of sp³-hybridized carbons (Fsp3) is 0.174. The van der Waals surface area contributed by atoms with E-state index in [1.165, 1.54) is 0 Å². The highest BCUT2D eigenvalue weighted by molar-refractivity contribution is 5.90. The first-order valence-corrected chi connectivity index (χ1v) is 8.62. The number of hydrogen-bond donors (Lipinski definition) is 0. The third kappa shape index (κ3) is 4.51. The Morgan fingerprint density at radius 2 is 1.27 bits per heavy atom. The van der Waals surface area contributed by atoms with Crippen molar-refractivity contribution in [2.24, 2.45) is 0 Å². The van der Waals surface area contributed by atoms with Gasteiger partial charge in [-0.2, -0.15) is 0 Å². The third-order valence-electron chi connectivity index (χ3n) is 4.13. The van der Waals surface area contributed by atoms with Gasteiger partial charge in [0.05, 0.1) is 5.56 Å². The van der Waals surface area contributed by atoms with E-state index in [9.17, 15) is 4.79 Å². The molecule has 3 nitrogen and oxygen atoms in total. The van der Waals surface area contributed by atoms with E-state index in [0.717, 1.165) is 28.0 Å². The Hall–Kier alpha value is -3.07. The number of carbonyl (C=O) groups excluding carboxylic acids is 1. The third-order valence-corrected chi connectivity index (χ3v) is 4.13. The highest BCUT2D eigenvalue weighted by atomic mass is 16.5. The Morgan fingerprint density at radius 1 is 0.769 bits per heavy atom. The number of ether oxygens (including phenoxy) is 2. The molecule has 3 heteroatoms. The van der Waals surface area contributed by atoms with Gasteiger partial charge < -0.3 is 9.47 Å². The Labute approximate surface area is 154 Å². The van der Waals surface area contributed by atoms with E-state index < -0.39 is 0 Å². The van der Waals surface area contributed by atoms with Crippen LogP contribution in [0.2, 0.25) is 0 Å². The molecule has 0 heterocycles. The van der Waals surface area contributed by atoms with Gasteiger partial charge in [-0.1, -0.05) is 60.7 Å². The highest BCUT2D eigenvalue weighted by Gasteiger charge is 2.13. The summed E-state index contributed by atoms with van der Waals surface area (Å²) in [6, 6.07) is 23.3. The first-order chi connectivity index (χ1) is 12.6. The van der Waals surface area contributed by atoms with Gasteiger partial charge >= 0.3 is 5.97 Å². The Balaban J connectivity index is 1.67. The first kappa shape index (κ1) is 17.7. The molecule has 0 N–H and O–H groups in total. The van der Waals surface area contributed by atoms with Crippen LogP contribution >= 0.6 is 0 Å². The SMILES string of the molecule is Cc1cc(C(=O)OCc2ccccc2)cc(C)c1OCc1ccccc1. The van der Waals surface area contributed by atoms with Crippen LogP contribution in [0.25, 0.3) is 0 Å². The molecule has 0 atom stereocenters. The van der Waals surface area contributed by atoms with Crippen LogP contribution in [-0.4, -0.2) is 5.97 Å². The zero-order chi connectivity index (χ0) is 18.4. The predicted octanol–water partition coefficient (Wildman–Crippen LogP) is 5.24. The van der Waals surface area contributed by atoms with Gasteiger partial charge in [0.1, 0.15) is 19.0 Å². The number of rotatable bonds is 6. The molecular weight excluding hydrogens is 324 g/mol. The molecule has 0 spiro atoms. The summed E-state index contributed by atoms with van der Waals surface area (Å²) in [5, 5.41) is 0. The normalized spacial score (nSPS) is 10.4. The molecule has 3 rings (SSSR count). The van der Waals surface area contributed by atoms with Crippen LogP contribution in [0.3, 0.4) is 0 Å². The number of hydrogen-bond acceptors (Lipinski definition) is 3. The van der Waals surface area contributed by atoms with Crippen molar-refractivity contribution >= 4 is 5.97 Å². The van der Waals surface area contributed by atoms with E-state index in [-0.39, 0.29) is 12.6 Å². The number of esters is 1. The van der Waals surface area contributed by atoms with Gasteiger partial charge in [-0.05, 0) is 48.2 Å². The molecule has 0 bridgehead atoms. The van der Waals surface area contributed by atoms with Gasteiger partial charge in [0.25, 0.3) is 0 Å². The van der Waals surface area contributed by atoms with Crippen LogP contribution in [0.1, 0.15) is 32.6 Å². The van der Waals surface area contributed by atoms with Gasteiger partial charge in [-0.15, -0.1) is 0 Å². The van der Waals surface area contributed by atoms with Crippen molar-refractivity contribution in [3.63, 3.8) is 0 Å². The Morgan fingerprint density at radius 3 is 1.81 bits per heavy atom. The molecule has 0 aromatic heterocycles. The second-order valence-electron chi connectivity index (χ2n) is 6.28. The van der Waals surface area contributed by atoms with E-state index in [4.69, 9.17) is 9.47 Å². The molecule has 0 saturated carbocycles. The summed E-state index contributed by atoms with van der Waals surface area (Å²) >= 11 is 0. The largest absolute Gasteiger partial charge is 0.488 e. The lowest BCUT2D eigenvalue weighted by atomic mass is 10.1. The fourth-order valence-corrected chi connectivity index (χ4v) is 2.83. The van der Waals surface area contributed by atoms with Crippen LogP contribution in [0, 0.1) is 13.8 Å². The minimum atomic E-state index is -0.324. The van der Waals surface area contributed by atoms with Crippen molar-refractivity contribution in [2.75, 3.05) is 0 Å². The topological polar surface area (TPSA) is 35.5 Å². The summed E-state index contributed by atoms with van der Waals surface area (Å²) in [7, 11) is 0. The monoisotopic (exact) mass is 346 g/mol. The van der Waals surface area contributed by atoms with Crippen molar-refractivity contribution in [1.29, 1.82) is 0 Å². The first-order valence-electron chi connectivity index (χ1n) is 8.62. The Bertz CT molecular complexity index is 847. The summed E-state index contributed by atoms with van der Waals surface area (Å²) in [6.45, 7) is 4.66. The number of carbonyl (C=O) groups is 1. The molecular formula is C23H22O3. The molecule has 3 aromatic carbocycles. The van der Waals surface area contributed by atoms with E-state index in [1.54, 1.807) is 0 Å². The molecule has 0 unspecified atom stereocenters. The zero-order valence-corrected chi connectivity index (χ0v) is 15.1. The minimum Gasteiger partial charge on any atom is -0.488 e. The lowest BCUT2D eigenvalue weighted by Gasteiger charge is -2.14. The quantitative estimate of drug-likeness (QED) is 0.573. The smallest absolute Gasteiger partial charge is 0.338 e. The van der Waals surface area contributed by atoms with Gasteiger partial charge in [-0.3, -0.25) is 0 Å². The van der Waals surface area contributed by atoms with E-state index >= 15 is 0 Å². The summed E-state index contributed by atoms with van der Waals surface area (Å²) in [6.07, 6.45) is 0. The van der Waals surface area contributed by atoms with Crippen molar-refractivity contribution < 1.29 is 14.3 Å². The summed E-state index contributed by atoms with van der Waals surface area (Å²) in [5.74, 6) is 0.489. The van der Waals surface area contributed by atoms with E-state index in [0.29, 0.717) is 12.2 Å². The molecule has 0 aliphatic carbocycles. The fourth-order valence-electron chi connectivity index (χ4n) is 2.83. The van der Waals surface area contributed by atoms with Gasteiger partial charge in [0.2, 0.25) is 0 Å². The molecule has 0 aliphatic heterocycles. The molecule has 26 heavy (non-hydrogen) atoms. The average molecular weight is 346 g/mol. The highest BCUT2D eigenvalue weighted by Crippen LogP contribution is 2.26. The zero-order valence-electron chi connectivity index (χ0n) is 15.1. The van der Waals surface area contributed by atoms with Gasteiger partial charge in [0, 0.05) is 0 Å². The van der Waals surface area contributed by atoms with E-state index in [2.05, 4.69) is 0 Å².